The van der Waals surface area contributed by atoms with E-state index in [1.54, 1.807) is 47.6 Å². The van der Waals surface area contributed by atoms with Crippen LogP contribution in [-0.2, 0) is 16.1 Å². The van der Waals surface area contributed by atoms with Gasteiger partial charge >= 0.3 is 0 Å². The molecule has 1 saturated heterocycles. The molecular formula is C17H17N3O4. The Bertz CT molecular complexity index is 753. The van der Waals surface area contributed by atoms with Gasteiger partial charge < -0.3 is 20.4 Å². The Morgan fingerprint density at radius 1 is 1.25 bits per heavy atom. The Balaban J connectivity index is 1.59. The molecule has 3 amide bonds. The van der Waals surface area contributed by atoms with Crippen LogP contribution in [0.3, 0.4) is 0 Å². The maximum Gasteiger partial charge on any atom is 0.248 e. The van der Waals surface area contributed by atoms with Gasteiger partial charge in [0.2, 0.25) is 17.7 Å². The van der Waals surface area contributed by atoms with E-state index in [0.717, 1.165) is 0 Å². The standard InChI is InChI=1S/C17H17N3O4/c18-16(22)11-3-5-13(6-4-11)19-17(23)12-8-15(21)20(9-12)10-14-2-1-7-24-14/h1-7,12H,8-10H2,(H2,18,22)(H,19,23)/t12-/m1/s1. The Kier molecular flexibility index (Phi) is 4.33. The third-order valence-corrected chi connectivity index (χ3v) is 3.95. The molecule has 0 spiro atoms. The van der Waals surface area contributed by atoms with Gasteiger partial charge in [-0.15, -0.1) is 0 Å². The summed E-state index contributed by atoms with van der Waals surface area (Å²) in [5.41, 5.74) is 6.10. The van der Waals surface area contributed by atoms with Crippen LogP contribution in [0.15, 0.2) is 47.1 Å². The molecule has 0 saturated carbocycles. The van der Waals surface area contributed by atoms with Crippen LogP contribution in [0.4, 0.5) is 5.69 Å². The van der Waals surface area contributed by atoms with E-state index in [9.17, 15) is 14.4 Å². The van der Waals surface area contributed by atoms with E-state index in [2.05, 4.69) is 5.32 Å². The lowest BCUT2D eigenvalue weighted by molar-refractivity contribution is -0.128. The van der Waals surface area contributed by atoms with Crippen molar-refractivity contribution < 1.29 is 18.8 Å². The largest absolute Gasteiger partial charge is 0.467 e. The van der Waals surface area contributed by atoms with Gasteiger partial charge in [-0.05, 0) is 36.4 Å². The Labute approximate surface area is 138 Å². The summed E-state index contributed by atoms with van der Waals surface area (Å²) in [6, 6.07) is 9.85. The van der Waals surface area contributed by atoms with E-state index < -0.39 is 11.8 Å². The number of carbonyl (C=O) groups excluding carboxylic acids is 3. The zero-order valence-corrected chi connectivity index (χ0v) is 12.9. The quantitative estimate of drug-likeness (QED) is 0.865. The fraction of sp³-hybridized carbons (Fsp3) is 0.235. The molecule has 3 N–H and O–H groups in total. The van der Waals surface area contributed by atoms with Gasteiger partial charge in [0.25, 0.3) is 0 Å². The molecule has 2 aromatic rings. The first-order valence-corrected chi connectivity index (χ1v) is 7.54. The number of carbonyl (C=O) groups is 3. The van der Waals surface area contributed by atoms with Gasteiger partial charge in [-0.2, -0.15) is 0 Å². The maximum atomic E-state index is 12.3. The van der Waals surface area contributed by atoms with Gasteiger partial charge in [0, 0.05) is 24.2 Å². The first-order chi connectivity index (χ1) is 11.5. The number of anilines is 1. The van der Waals surface area contributed by atoms with Crippen LogP contribution >= 0.6 is 0 Å². The van der Waals surface area contributed by atoms with Gasteiger partial charge in [0.15, 0.2) is 0 Å². The highest BCUT2D eigenvalue weighted by Crippen LogP contribution is 2.22. The summed E-state index contributed by atoms with van der Waals surface area (Å²) >= 11 is 0. The van der Waals surface area contributed by atoms with E-state index in [4.69, 9.17) is 10.2 Å². The lowest BCUT2D eigenvalue weighted by atomic mass is 10.1. The molecule has 124 valence electrons. The topological polar surface area (TPSA) is 106 Å². The average molecular weight is 327 g/mol. The fourth-order valence-electron chi connectivity index (χ4n) is 2.65. The third-order valence-electron chi connectivity index (χ3n) is 3.95. The van der Waals surface area contributed by atoms with Crippen molar-refractivity contribution in [3.63, 3.8) is 0 Å². The molecule has 1 aromatic heterocycles. The summed E-state index contributed by atoms with van der Waals surface area (Å²) in [6.45, 7) is 0.716. The predicted molar refractivity (Wildman–Crippen MR) is 85.8 cm³/mol. The summed E-state index contributed by atoms with van der Waals surface area (Å²) in [5, 5.41) is 2.76. The minimum absolute atomic E-state index is 0.0735. The van der Waals surface area contributed by atoms with Crippen molar-refractivity contribution >= 4 is 23.4 Å². The van der Waals surface area contributed by atoms with Crippen LogP contribution in [0.5, 0.6) is 0 Å². The molecular weight excluding hydrogens is 310 g/mol. The molecule has 1 aliphatic rings. The highest BCUT2D eigenvalue weighted by atomic mass is 16.3. The Hall–Kier alpha value is -3.09. The molecule has 3 rings (SSSR count). The number of nitrogens with zero attached hydrogens (tertiary/aromatic N) is 1. The summed E-state index contributed by atoms with van der Waals surface area (Å²) in [7, 11) is 0. The summed E-state index contributed by atoms with van der Waals surface area (Å²) in [5.74, 6) is -0.551. The molecule has 0 unspecified atom stereocenters. The van der Waals surface area contributed by atoms with Crippen molar-refractivity contribution in [3.05, 3.63) is 54.0 Å². The minimum Gasteiger partial charge on any atom is -0.467 e. The lowest BCUT2D eigenvalue weighted by Crippen LogP contribution is -2.27. The van der Waals surface area contributed by atoms with Crippen molar-refractivity contribution in [2.45, 2.75) is 13.0 Å². The van der Waals surface area contributed by atoms with E-state index in [0.29, 0.717) is 30.1 Å². The first-order valence-electron chi connectivity index (χ1n) is 7.54. The van der Waals surface area contributed by atoms with Crippen molar-refractivity contribution in [2.75, 3.05) is 11.9 Å². The van der Waals surface area contributed by atoms with Crippen LogP contribution in [0.2, 0.25) is 0 Å². The molecule has 1 fully saturated rings. The predicted octanol–water partition coefficient (Wildman–Crippen LogP) is 1.37. The van der Waals surface area contributed by atoms with E-state index >= 15 is 0 Å². The fourth-order valence-corrected chi connectivity index (χ4v) is 2.65. The van der Waals surface area contributed by atoms with Gasteiger partial charge in [0.05, 0.1) is 18.7 Å². The number of rotatable bonds is 5. The molecule has 1 atom stereocenters. The average Bonchev–Trinajstić information content (AvgIpc) is 3.19. The number of hydrogen-bond acceptors (Lipinski definition) is 4. The SMILES string of the molecule is NC(=O)c1ccc(NC(=O)[C@@H]2CC(=O)N(Cc3ccco3)C2)cc1. The molecule has 0 bridgehead atoms. The number of benzene rings is 1. The number of primary amides is 1. The minimum atomic E-state index is -0.525. The second kappa shape index (κ2) is 6.57. The molecule has 0 radical (unpaired) electrons. The van der Waals surface area contributed by atoms with Crippen LogP contribution < -0.4 is 11.1 Å². The van der Waals surface area contributed by atoms with Gasteiger partial charge in [-0.1, -0.05) is 0 Å². The Morgan fingerprint density at radius 2 is 2.00 bits per heavy atom. The molecule has 1 aromatic carbocycles. The smallest absolute Gasteiger partial charge is 0.248 e. The monoisotopic (exact) mass is 327 g/mol. The van der Waals surface area contributed by atoms with Gasteiger partial charge in [-0.3, -0.25) is 14.4 Å². The Morgan fingerprint density at radius 3 is 2.62 bits per heavy atom. The van der Waals surface area contributed by atoms with Gasteiger partial charge in [0.1, 0.15) is 5.76 Å². The summed E-state index contributed by atoms with van der Waals surface area (Å²) < 4.78 is 5.23. The van der Waals surface area contributed by atoms with E-state index in [1.807, 2.05) is 0 Å². The van der Waals surface area contributed by atoms with Crippen molar-refractivity contribution in [1.82, 2.24) is 4.90 Å². The van der Waals surface area contributed by atoms with Crippen molar-refractivity contribution in [3.8, 4) is 0 Å². The normalized spacial score (nSPS) is 17.1. The van der Waals surface area contributed by atoms with Crippen LogP contribution in [-0.4, -0.2) is 29.2 Å². The number of nitrogens with one attached hydrogen (secondary N) is 1. The second-order valence-corrected chi connectivity index (χ2v) is 5.69. The van der Waals surface area contributed by atoms with Crippen LogP contribution in [0.25, 0.3) is 0 Å². The maximum absolute atomic E-state index is 12.3. The summed E-state index contributed by atoms with van der Waals surface area (Å²) in [6.07, 6.45) is 1.72. The van der Waals surface area contributed by atoms with Crippen molar-refractivity contribution in [2.24, 2.45) is 11.7 Å². The first kappa shape index (κ1) is 15.8. The van der Waals surface area contributed by atoms with Crippen molar-refractivity contribution in [1.29, 1.82) is 0 Å². The second-order valence-electron chi connectivity index (χ2n) is 5.69. The lowest BCUT2D eigenvalue weighted by Gasteiger charge is -2.15. The van der Waals surface area contributed by atoms with E-state index in [-0.39, 0.29) is 18.2 Å². The molecule has 0 aliphatic carbocycles. The third kappa shape index (κ3) is 3.45. The molecule has 24 heavy (non-hydrogen) atoms. The van der Waals surface area contributed by atoms with Crippen LogP contribution in [0, 0.1) is 5.92 Å². The number of furan rings is 1. The number of nitrogens with two attached hydrogens (primary N) is 1. The number of hydrogen-bond donors (Lipinski definition) is 2. The highest BCUT2D eigenvalue weighted by molar-refractivity contribution is 5.98. The van der Waals surface area contributed by atoms with Crippen LogP contribution in [0.1, 0.15) is 22.5 Å². The number of amides is 3. The molecule has 1 aliphatic heterocycles. The number of likely N-dealkylation sites (tertiary alicyclic amines) is 1. The zero-order chi connectivity index (χ0) is 17.1. The molecule has 2 heterocycles. The highest BCUT2D eigenvalue weighted by Gasteiger charge is 2.34. The summed E-state index contributed by atoms with van der Waals surface area (Å²) in [4.78, 5) is 37.0. The molecule has 7 nitrogen and oxygen atoms in total. The van der Waals surface area contributed by atoms with E-state index in [1.165, 1.54) is 0 Å². The molecule has 7 heteroatoms. The zero-order valence-electron chi connectivity index (χ0n) is 12.9. The van der Waals surface area contributed by atoms with Gasteiger partial charge in [-0.25, -0.2) is 0 Å².